The van der Waals surface area contributed by atoms with E-state index in [4.69, 9.17) is 23.2 Å². The number of hydrazone groups is 1. The van der Waals surface area contributed by atoms with Crippen molar-refractivity contribution in [1.29, 1.82) is 0 Å². The van der Waals surface area contributed by atoms with Crippen molar-refractivity contribution in [2.24, 2.45) is 5.10 Å². The van der Waals surface area contributed by atoms with Crippen LogP contribution in [-0.2, 0) is 4.79 Å². The molecule has 2 aliphatic heterocycles. The summed E-state index contributed by atoms with van der Waals surface area (Å²) in [7, 11) is 0. The van der Waals surface area contributed by atoms with Crippen molar-refractivity contribution in [1.82, 2.24) is 5.01 Å². The van der Waals surface area contributed by atoms with Crippen LogP contribution in [0.2, 0.25) is 10.0 Å². The molecule has 1 fully saturated rings. The van der Waals surface area contributed by atoms with Gasteiger partial charge in [0.1, 0.15) is 0 Å². The summed E-state index contributed by atoms with van der Waals surface area (Å²) in [6.07, 6.45) is 3.45. The van der Waals surface area contributed by atoms with Crippen molar-refractivity contribution in [2.45, 2.75) is 19.3 Å². The average Bonchev–Trinajstić information content (AvgIpc) is 2.69. The van der Waals surface area contributed by atoms with Gasteiger partial charge < -0.3 is 5.32 Å². The third kappa shape index (κ3) is 2.42. The quantitative estimate of drug-likeness (QED) is 0.865. The summed E-state index contributed by atoms with van der Waals surface area (Å²) in [5, 5.41) is 10.1. The third-order valence-corrected chi connectivity index (χ3v) is 3.85. The molecule has 1 saturated heterocycles. The Morgan fingerprint density at radius 2 is 1.89 bits per heavy atom. The Balaban J connectivity index is 1.99. The van der Waals surface area contributed by atoms with Crippen molar-refractivity contribution in [2.75, 3.05) is 18.4 Å². The highest BCUT2D eigenvalue weighted by Gasteiger charge is 2.29. The molecule has 0 bridgehead atoms. The molecule has 6 heteroatoms. The molecule has 0 atom stereocenters. The fraction of sp³-hybridized carbons (Fsp3) is 0.385. The van der Waals surface area contributed by atoms with E-state index in [0.29, 0.717) is 27.0 Å². The predicted octanol–water partition coefficient (Wildman–Crippen LogP) is 3.14. The highest BCUT2D eigenvalue weighted by atomic mass is 35.5. The molecule has 4 nitrogen and oxygen atoms in total. The van der Waals surface area contributed by atoms with E-state index in [1.807, 2.05) is 5.01 Å². The SMILES string of the molecule is O=C1Nc2c(Cl)cc(Cl)cc2/C1=N\N1CCCCC1. The van der Waals surface area contributed by atoms with Crippen LogP contribution in [0.15, 0.2) is 17.2 Å². The first-order valence-electron chi connectivity index (χ1n) is 6.29. The van der Waals surface area contributed by atoms with Crippen LogP contribution in [-0.4, -0.2) is 29.7 Å². The molecule has 1 N–H and O–H groups in total. The van der Waals surface area contributed by atoms with Gasteiger partial charge in [-0.3, -0.25) is 9.80 Å². The van der Waals surface area contributed by atoms with Gasteiger partial charge in [0.2, 0.25) is 0 Å². The number of carbonyl (C=O) groups excluding carboxylic acids is 1. The van der Waals surface area contributed by atoms with Gasteiger partial charge in [-0.2, -0.15) is 5.10 Å². The van der Waals surface area contributed by atoms with Crippen LogP contribution in [0, 0.1) is 0 Å². The normalized spacial score (nSPS) is 20.6. The number of hydrogen-bond acceptors (Lipinski definition) is 3. The van der Waals surface area contributed by atoms with Crippen LogP contribution in [0.1, 0.15) is 24.8 Å². The molecular weight excluding hydrogens is 285 g/mol. The monoisotopic (exact) mass is 297 g/mol. The Hall–Kier alpha value is -1.26. The van der Waals surface area contributed by atoms with Gasteiger partial charge in [0, 0.05) is 23.7 Å². The standard InChI is InChI=1S/C13H13Cl2N3O/c14-8-6-9-11(10(15)7-8)16-13(19)12(9)17-18-4-2-1-3-5-18/h6-7H,1-5H2,(H,16,17,19). The van der Waals surface area contributed by atoms with Crippen molar-refractivity contribution in [3.8, 4) is 0 Å². The minimum absolute atomic E-state index is 0.218. The lowest BCUT2D eigenvalue weighted by atomic mass is 10.1. The fourth-order valence-corrected chi connectivity index (χ4v) is 2.94. The topological polar surface area (TPSA) is 44.7 Å². The summed E-state index contributed by atoms with van der Waals surface area (Å²) < 4.78 is 0. The molecule has 2 aliphatic rings. The molecule has 100 valence electrons. The molecule has 0 aromatic heterocycles. The second-order valence-corrected chi connectivity index (χ2v) is 5.57. The lowest BCUT2D eigenvalue weighted by molar-refractivity contribution is -0.110. The van der Waals surface area contributed by atoms with Crippen molar-refractivity contribution >= 4 is 40.5 Å². The Morgan fingerprint density at radius 1 is 1.16 bits per heavy atom. The molecule has 3 rings (SSSR count). The molecule has 1 aromatic rings. The second-order valence-electron chi connectivity index (χ2n) is 4.73. The highest BCUT2D eigenvalue weighted by Crippen LogP contribution is 2.34. The fourth-order valence-electron chi connectivity index (χ4n) is 2.40. The number of amides is 1. The van der Waals surface area contributed by atoms with Crippen LogP contribution >= 0.6 is 23.2 Å². The number of rotatable bonds is 1. The summed E-state index contributed by atoms with van der Waals surface area (Å²) in [6.45, 7) is 1.78. The summed E-state index contributed by atoms with van der Waals surface area (Å²) in [5.74, 6) is -0.218. The number of anilines is 1. The Morgan fingerprint density at radius 3 is 2.63 bits per heavy atom. The van der Waals surface area contributed by atoms with Crippen LogP contribution in [0.3, 0.4) is 0 Å². The maximum Gasteiger partial charge on any atom is 0.276 e. The maximum absolute atomic E-state index is 12.0. The van der Waals surface area contributed by atoms with Gasteiger partial charge in [0.25, 0.3) is 5.91 Å². The number of fused-ring (bicyclic) bond motifs is 1. The van der Waals surface area contributed by atoms with Gasteiger partial charge in [-0.25, -0.2) is 0 Å². The molecular formula is C13H13Cl2N3O. The van der Waals surface area contributed by atoms with E-state index in [9.17, 15) is 4.79 Å². The van der Waals surface area contributed by atoms with Gasteiger partial charge in [-0.1, -0.05) is 23.2 Å². The smallest absolute Gasteiger partial charge is 0.276 e. The van der Waals surface area contributed by atoms with Crippen LogP contribution in [0.5, 0.6) is 0 Å². The molecule has 19 heavy (non-hydrogen) atoms. The van der Waals surface area contributed by atoms with Gasteiger partial charge >= 0.3 is 0 Å². The van der Waals surface area contributed by atoms with Crippen LogP contribution < -0.4 is 5.32 Å². The van der Waals surface area contributed by atoms with Crippen molar-refractivity contribution < 1.29 is 4.79 Å². The van der Waals surface area contributed by atoms with E-state index in [0.717, 1.165) is 25.9 Å². The highest BCUT2D eigenvalue weighted by molar-refractivity contribution is 6.56. The minimum Gasteiger partial charge on any atom is -0.319 e. The number of benzene rings is 1. The zero-order chi connectivity index (χ0) is 13.4. The Bertz CT molecular complexity index is 565. The van der Waals surface area contributed by atoms with Crippen LogP contribution in [0.4, 0.5) is 5.69 Å². The lowest BCUT2D eigenvalue weighted by Gasteiger charge is -2.23. The first-order chi connectivity index (χ1) is 9.15. The van der Waals surface area contributed by atoms with Crippen LogP contribution in [0.25, 0.3) is 0 Å². The zero-order valence-electron chi connectivity index (χ0n) is 10.2. The van der Waals surface area contributed by atoms with Gasteiger partial charge in [0.05, 0.1) is 10.7 Å². The maximum atomic E-state index is 12.0. The zero-order valence-corrected chi connectivity index (χ0v) is 11.8. The molecule has 0 unspecified atom stereocenters. The summed E-state index contributed by atoms with van der Waals surface area (Å²) in [6, 6.07) is 3.34. The Labute approximate surface area is 121 Å². The summed E-state index contributed by atoms with van der Waals surface area (Å²) >= 11 is 12.1. The predicted molar refractivity (Wildman–Crippen MR) is 77.1 cm³/mol. The van der Waals surface area contributed by atoms with E-state index >= 15 is 0 Å². The molecule has 0 radical (unpaired) electrons. The van der Waals surface area contributed by atoms with E-state index in [-0.39, 0.29) is 5.91 Å². The Kier molecular flexibility index (Phi) is 3.37. The van der Waals surface area contributed by atoms with Gasteiger partial charge in [0.15, 0.2) is 5.71 Å². The van der Waals surface area contributed by atoms with Crippen molar-refractivity contribution in [3.63, 3.8) is 0 Å². The summed E-state index contributed by atoms with van der Waals surface area (Å²) in [5.41, 5.74) is 1.70. The average molecular weight is 298 g/mol. The number of nitrogens with one attached hydrogen (secondary N) is 1. The first-order valence-corrected chi connectivity index (χ1v) is 7.05. The van der Waals surface area contributed by atoms with E-state index in [2.05, 4.69) is 10.4 Å². The van der Waals surface area contributed by atoms with Gasteiger partial charge in [-0.15, -0.1) is 0 Å². The molecule has 2 heterocycles. The summed E-state index contributed by atoms with van der Waals surface area (Å²) in [4.78, 5) is 12.0. The molecule has 1 amide bonds. The lowest BCUT2D eigenvalue weighted by Crippen LogP contribution is -2.28. The van der Waals surface area contributed by atoms with E-state index in [1.165, 1.54) is 6.42 Å². The number of nitrogens with zero attached hydrogens (tertiary/aromatic N) is 2. The number of piperidine rings is 1. The second kappa shape index (κ2) is 5.02. The first kappa shape index (κ1) is 12.8. The molecule has 0 aliphatic carbocycles. The number of halogens is 2. The number of carbonyl (C=O) groups is 1. The number of hydrogen-bond donors (Lipinski definition) is 1. The third-order valence-electron chi connectivity index (χ3n) is 3.34. The van der Waals surface area contributed by atoms with Gasteiger partial charge in [-0.05, 0) is 31.4 Å². The van der Waals surface area contributed by atoms with E-state index in [1.54, 1.807) is 12.1 Å². The van der Waals surface area contributed by atoms with E-state index < -0.39 is 0 Å². The largest absolute Gasteiger partial charge is 0.319 e. The molecule has 0 saturated carbocycles. The minimum atomic E-state index is -0.218. The van der Waals surface area contributed by atoms with Crippen molar-refractivity contribution in [3.05, 3.63) is 27.7 Å². The molecule has 0 spiro atoms. The molecule has 1 aromatic carbocycles.